The van der Waals surface area contributed by atoms with Gasteiger partial charge >= 0.3 is 0 Å². The molecular weight excluding hydrogens is 230 g/mol. The quantitative estimate of drug-likeness (QED) is 0.682. The van der Waals surface area contributed by atoms with Crippen LogP contribution in [-0.2, 0) is 0 Å². The highest BCUT2D eigenvalue weighted by Gasteiger charge is 2.38. The van der Waals surface area contributed by atoms with Gasteiger partial charge in [0, 0.05) is 6.04 Å². The molecule has 0 aromatic rings. The van der Waals surface area contributed by atoms with Crippen molar-refractivity contribution in [3.05, 3.63) is 0 Å². The highest BCUT2D eigenvalue weighted by atomic mass is 15.2. The lowest BCUT2D eigenvalue weighted by atomic mass is 9.70. The molecule has 1 saturated heterocycles. The molecule has 0 N–H and O–H groups in total. The van der Waals surface area contributed by atoms with Crippen molar-refractivity contribution in [3.63, 3.8) is 0 Å². The van der Waals surface area contributed by atoms with E-state index in [1.165, 1.54) is 45.2 Å². The molecule has 0 amide bonds. The molecule has 0 atom stereocenters. The van der Waals surface area contributed by atoms with Crippen molar-refractivity contribution < 1.29 is 0 Å². The number of rotatable bonds is 2. The van der Waals surface area contributed by atoms with Crippen LogP contribution in [-0.4, -0.2) is 24.0 Å². The Balaban J connectivity index is 1.70. The van der Waals surface area contributed by atoms with Crippen molar-refractivity contribution in [3.8, 4) is 0 Å². The molecule has 1 nitrogen and oxygen atoms in total. The molecule has 0 bridgehead atoms. The van der Waals surface area contributed by atoms with Gasteiger partial charge in [-0.25, -0.2) is 0 Å². The molecule has 1 aliphatic carbocycles. The van der Waals surface area contributed by atoms with E-state index < -0.39 is 0 Å². The van der Waals surface area contributed by atoms with Crippen LogP contribution < -0.4 is 0 Å². The second-order valence-electron chi connectivity index (χ2n) is 9.43. The Hall–Kier alpha value is -0.0400. The molecule has 19 heavy (non-hydrogen) atoms. The van der Waals surface area contributed by atoms with Gasteiger partial charge < -0.3 is 4.90 Å². The zero-order valence-corrected chi connectivity index (χ0v) is 14.1. The lowest BCUT2D eigenvalue weighted by molar-refractivity contribution is 0.0167. The second-order valence-corrected chi connectivity index (χ2v) is 9.43. The zero-order chi connectivity index (χ0) is 14.3. The van der Waals surface area contributed by atoms with E-state index in [4.69, 9.17) is 0 Å². The van der Waals surface area contributed by atoms with E-state index in [1.807, 2.05) is 0 Å². The number of likely N-dealkylation sites (tertiary alicyclic amines) is 1. The van der Waals surface area contributed by atoms with E-state index >= 15 is 0 Å². The summed E-state index contributed by atoms with van der Waals surface area (Å²) in [6.07, 6.45) is 7.20. The van der Waals surface area contributed by atoms with Gasteiger partial charge in [-0.1, -0.05) is 41.5 Å². The van der Waals surface area contributed by atoms with Gasteiger partial charge in [-0.15, -0.1) is 0 Å². The molecule has 0 radical (unpaired) electrons. The summed E-state index contributed by atoms with van der Waals surface area (Å²) in [6, 6.07) is 0.924. The van der Waals surface area contributed by atoms with E-state index in [1.54, 1.807) is 0 Å². The summed E-state index contributed by atoms with van der Waals surface area (Å²) in [5.41, 5.74) is 1.04. The van der Waals surface area contributed by atoms with Gasteiger partial charge in [-0.3, -0.25) is 0 Å². The number of piperidine rings is 1. The predicted molar refractivity (Wildman–Crippen MR) is 84.3 cm³/mol. The van der Waals surface area contributed by atoms with Crippen LogP contribution in [0.25, 0.3) is 0 Å². The van der Waals surface area contributed by atoms with Crippen LogP contribution in [0.5, 0.6) is 0 Å². The van der Waals surface area contributed by atoms with Crippen molar-refractivity contribution >= 4 is 0 Å². The van der Waals surface area contributed by atoms with E-state index in [0.29, 0.717) is 10.8 Å². The molecule has 2 aliphatic rings. The maximum Gasteiger partial charge on any atom is 0.0101 e. The molecule has 1 heterocycles. The first-order valence-electron chi connectivity index (χ1n) is 8.39. The van der Waals surface area contributed by atoms with Crippen molar-refractivity contribution in [1.82, 2.24) is 4.90 Å². The van der Waals surface area contributed by atoms with Gasteiger partial charge in [0.15, 0.2) is 0 Å². The van der Waals surface area contributed by atoms with Gasteiger partial charge in [0.2, 0.25) is 0 Å². The Bertz CT molecular complexity index is 280. The molecule has 2 fully saturated rings. The van der Waals surface area contributed by atoms with Crippen LogP contribution in [0, 0.1) is 22.7 Å². The molecule has 0 aromatic carbocycles. The van der Waals surface area contributed by atoms with Crippen molar-refractivity contribution in [2.75, 3.05) is 13.1 Å². The molecule has 0 spiro atoms. The lowest BCUT2D eigenvalue weighted by Crippen LogP contribution is -2.49. The van der Waals surface area contributed by atoms with Crippen LogP contribution >= 0.6 is 0 Å². The highest BCUT2D eigenvalue weighted by Crippen LogP contribution is 2.42. The lowest BCUT2D eigenvalue weighted by Gasteiger charge is -2.48. The minimum atomic E-state index is 0.514. The predicted octanol–water partition coefficient (Wildman–Crippen LogP) is 4.96. The van der Waals surface area contributed by atoms with Gasteiger partial charge in [0.25, 0.3) is 0 Å². The number of hydrogen-bond donors (Lipinski definition) is 0. The first kappa shape index (κ1) is 15.4. The highest BCUT2D eigenvalue weighted by molar-refractivity contribution is 4.92. The molecule has 112 valence electrons. The van der Waals surface area contributed by atoms with E-state index in [0.717, 1.165) is 17.9 Å². The van der Waals surface area contributed by atoms with Crippen LogP contribution in [0.2, 0.25) is 0 Å². The summed E-state index contributed by atoms with van der Waals surface area (Å²) in [7, 11) is 0. The first-order valence-corrected chi connectivity index (χ1v) is 8.39. The van der Waals surface area contributed by atoms with Crippen LogP contribution in [0.4, 0.5) is 0 Å². The third-order valence-corrected chi connectivity index (χ3v) is 5.38. The fourth-order valence-corrected chi connectivity index (χ4v) is 4.16. The fourth-order valence-electron chi connectivity index (χ4n) is 4.16. The SMILES string of the molecule is CC(C)(C)CC1CC(N2CCC(C(C)(C)C)CC2)C1. The summed E-state index contributed by atoms with van der Waals surface area (Å²) in [5.74, 6) is 1.94. The van der Waals surface area contributed by atoms with E-state index in [2.05, 4.69) is 46.4 Å². The van der Waals surface area contributed by atoms with Gasteiger partial charge in [-0.05, 0) is 67.9 Å². The normalized spacial score (nSPS) is 31.3. The molecule has 1 heteroatoms. The minimum absolute atomic E-state index is 0.514. The minimum Gasteiger partial charge on any atom is -0.300 e. The Morgan fingerprint density at radius 2 is 1.42 bits per heavy atom. The first-order chi connectivity index (χ1) is 8.65. The van der Waals surface area contributed by atoms with Crippen molar-refractivity contribution in [2.45, 2.75) is 79.7 Å². The summed E-state index contributed by atoms with van der Waals surface area (Å²) < 4.78 is 0. The van der Waals surface area contributed by atoms with Crippen LogP contribution in [0.1, 0.15) is 73.6 Å². The largest absolute Gasteiger partial charge is 0.300 e. The summed E-state index contributed by atoms with van der Waals surface area (Å²) >= 11 is 0. The third kappa shape index (κ3) is 4.21. The Labute approximate surface area is 121 Å². The van der Waals surface area contributed by atoms with Gasteiger partial charge in [0.05, 0.1) is 0 Å². The zero-order valence-electron chi connectivity index (χ0n) is 14.1. The van der Waals surface area contributed by atoms with Gasteiger partial charge in [-0.2, -0.15) is 0 Å². The molecule has 0 unspecified atom stereocenters. The van der Waals surface area contributed by atoms with E-state index in [-0.39, 0.29) is 0 Å². The second kappa shape index (κ2) is 5.39. The third-order valence-electron chi connectivity index (χ3n) is 5.38. The van der Waals surface area contributed by atoms with Crippen LogP contribution in [0.3, 0.4) is 0 Å². The fraction of sp³-hybridized carbons (Fsp3) is 1.00. The van der Waals surface area contributed by atoms with Crippen LogP contribution in [0.15, 0.2) is 0 Å². The summed E-state index contributed by atoms with van der Waals surface area (Å²) in [4.78, 5) is 2.79. The standard InChI is InChI=1S/C18H35N/c1-17(2,3)13-14-11-16(12-14)19-9-7-15(8-10-19)18(4,5)6/h14-16H,7-13H2,1-6H3. The summed E-state index contributed by atoms with van der Waals surface area (Å²) in [6.45, 7) is 17.1. The molecule has 0 aromatic heterocycles. The Kier molecular flexibility index (Phi) is 4.35. The molecule has 2 rings (SSSR count). The average Bonchev–Trinajstić information content (AvgIpc) is 2.20. The maximum atomic E-state index is 2.79. The monoisotopic (exact) mass is 265 g/mol. The summed E-state index contributed by atoms with van der Waals surface area (Å²) in [5, 5.41) is 0. The number of nitrogens with zero attached hydrogens (tertiary/aromatic N) is 1. The van der Waals surface area contributed by atoms with Gasteiger partial charge in [0.1, 0.15) is 0 Å². The topological polar surface area (TPSA) is 3.24 Å². The Morgan fingerprint density at radius 1 is 0.895 bits per heavy atom. The average molecular weight is 265 g/mol. The number of hydrogen-bond acceptors (Lipinski definition) is 1. The molecule has 1 aliphatic heterocycles. The van der Waals surface area contributed by atoms with Crippen molar-refractivity contribution in [1.29, 1.82) is 0 Å². The van der Waals surface area contributed by atoms with Crippen molar-refractivity contribution in [2.24, 2.45) is 22.7 Å². The molecular formula is C18H35N. The maximum absolute atomic E-state index is 2.79. The smallest absolute Gasteiger partial charge is 0.0101 e. The Morgan fingerprint density at radius 3 is 1.84 bits per heavy atom. The molecule has 1 saturated carbocycles. The van der Waals surface area contributed by atoms with E-state index in [9.17, 15) is 0 Å².